The zero-order chi connectivity index (χ0) is 19.6. The van der Waals surface area contributed by atoms with Crippen molar-refractivity contribution in [3.05, 3.63) is 29.6 Å². The topological polar surface area (TPSA) is 120 Å². The maximum atomic E-state index is 6.13. The number of H-pyrrole nitrogens is 1. The molecule has 0 saturated carbocycles. The molecule has 2 heterocycles. The van der Waals surface area contributed by atoms with Gasteiger partial charge in [0.25, 0.3) is 0 Å². The van der Waals surface area contributed by atoms with Crippen LogP contribution in [0.5, 0.6) is 17.2 Å². The number of methoxy groups -OCH3 is 3. The average molecular weight is 370 g/mol. The highest BCUT2D eigenvalue weighted by atomic mass is 16.5. The number of hydrogen-bond acceptors (Lipinski definition) is 8. The molecule has 3 aromatic rings. The van der Waals surface area contributed by atoms with Gasteiger partial charge in [0, 0.05) is 29.7 Å². The maximum Gasteiger partial charge on any atom is 0.229 e. The standard InChI is InChI=1S/C18H22N6O3/c1-9-10(2)23-24-15(9)12-8-20-18(22-17(12)19)21-11-6-13(25-3)16(27-5)14(7-11)26-4/h6-8H,1-5H3,(H,23,24)(H3,19,20,21,22). The number of hydrogen-bond donors (Lipinski definition) is 3. The molecule has 3 rings (SSSR count). The number of nitrogen functional groups attached to an aromatic ring is 1. The van der Waals surface area contributed by atoms with Crippen molar-refractivity contribution in [2.24, 2.45) is 0 Å². The monoisotopic (exact) mass is 370 g/mol. The van der Waals surface area contributed by atoms with Gasteiger partial charge in [-0.1, -0.05) is 0 Å². The van der Waals surface area contributed by atoms with Gasteiger partial charge in [0.15, 0.2) is 11.5 Å². The maximum absolute atomic E-state index is 6.13. The SMILES string of the molecule is COc1cc(Nc2ncc(-c3n[nH]c(C)c3C)c(N)n2)cc(OC)c1OC. The molecular formula is C18H22N6O3. The lowest BCUT2D eigenvalue weighted by atomic mass is 10.1. The molecule has 4 N–H and O–H groups in total. The van der Waals surface area contributed by atoms with E-state index in [9.17, 15) is 0 Å². The molecule has 1 aromatic carbocycles. The zero-order valence-corrected chi connectivity index (χ0v) is 15.9. The van der Waals surface area contributed by atoms with Gasteiger partial charge in [-0.25, -0.2) is 4.98 Å². The number of benzene rings is 1. The predicted molar refractivity (Wildman–Crippen MR) is 103 cm³/mol. The summed E-state index contributed by atoms with van der Waals surface area (Å²) >= 11 is 0. The minimum Gasteiger partial charge on any atom is -0.493 e. The molecule has 0 spiro atoms. The van der Waals surface area contributed by atoms with Crippen LogP contribution in [-0.4, -0.2) is 41.5 Å². The second-order valence-electron chi connectivity index (χ2n) is 5.85. The molecule has 0 radical (unpaired) electrons. The van der Waals surface area contributed by atoms with Crippen LogP contribution in [0.4, 0.5) is 17.5 Å². The second-order valence-corrected chi connectivity index (χ2v) is 5.85. The molecule has 142 valence electrons. The molecule has 0 bridgehead atoms. The fourth-order valence-electron chi connectivity index (χ4n) is 2.67. The van der Waals surface area contributed by atoms with Gasteiger partial charge < -0.3 is 25.3 Å². The van der Waals surface area contributed by atoms with Gasteiger partial charge in [-0.15, -0.1) is 0 Å². The first-order valence-corrected chi connectivity index (χ1v) is 8.20. The largest absolute Gasteiger partial charge is 0.493 e. The van der Waals surface area contributed by atoms with Crippen molar-refractivity contribution >= 4 is 17.5 Å². The van der Waals surface area contributed by atoms with Gasteiger partial charge >= 0.3 is 0 Å². The van der Waals surface area contributed by atoms with Crippen LogP contribution >= 0.6 is 0 Å². The third-order valence-electron chi connectivity index (χ3n) is 4.25. The van der Waals surface area contributed by atoms with E-state index in [4.69, 9.17) is 19.9 Å². The lowest BCUT2D eigenvalue weighted by Crippen LogP contribution is -2.03. The Hall–Kier alpha value is -3.49. The number of rotatable bonds is 6. The number of ether oxygens (including phenoxy) is 3. The van der Waals surface area contributed by atoms with E-state index in [1.54, 1.807) is 39.7 Å². The van der Waals surface area contributed by atoms with Gasteiger partial charge in [-0.3, -0.25) is 5.10 Å². The first-order chi connectivity index (χ1) is 13.0. The molecule has 0 aliphatic carbocycles. The molecule has 9 heteroatoms. The molecule has 0 atom stereocenters. The highest BCUT2D eigenvalue weighted by Crippen LogP contribution is 2.40. The first-order valence-electron chi connectivity index (χ1n) is 8.20. The third kappa shape index (κ3) is 3.43. The molecule has 0 saturated heterocycles. The summed E-state index contributed by atoms with van der Waals surface area (Å²) in [4.78, 5) is 8.68. The van der Waals surface area contributed by atoms with Crippen molar-refractivity contribution in [3.8, 4) is 28.5 Å². The Balaban J connectivity index is 1.93. The molecule has 0 aliphatic heterocycles. The molecule has 0 amide bonds. The van der Waals surface area contributed by atoms with Gasteiger partial charge in [0.05, 0.1) is 26.9 Å². The van der Waals surface area contributed by atoms with Crippen LogP contribution in [0.1, 0.15) is 11.3 Å². The number of nitrogens with two attached hydrogens (primary N) is 1. The van der Waals surface area contributed by atoms with Crippen LogP contribution in [0.3, 0.4) is 0 Å². The molecule has 2 aromatic heterocycles. The van der Waals surface area contributed by atoms with Gasteiger partial charge in [-0.05, 0) is 19.4 Å². The van der Waals surface area contributed by atoms with E-state index >= 15 is 0 Å². The summed E-state index contributed by atoms with van der Waals surface area (Å²) in [6, 6.07) is 3.52. The Morgan fingerprint density at radius 2 is 1.70 bits per heavy atom. The molecule has 9 nitrogen and oxygen atoms in total. The van der Waals surface area contributed by atoms with Crippen LogP contribution in [0.25, 0.3) is 11.3 Å². The van der Waals surface area contributed by atoms with E-state index in [1.807, 2.05) is 13.8 Å². The first kappa shape index (κ1) is 18.3. The average Bonchev–Trinajstić information content (AvgIpc) is 2.99. The van der Waals surface area contributed by atoms with Crippen molar-refractivity contribution in [2.75, 3.05) is 32.4 Å². The third-order valence-corrected chi connectivity index (χ3v) is 4.25. The van der Waals surface area contributed by atoms with Crippen LogP contribution in [0.15, 0.2) is 18.3 Å². The number of aromatic nitrogens is 4. The normalized spacial score (nSPS) is 10.6. The van der Waals surface area contributed by atoms with Crippen LogP contribution in [0.2, 0.25) is 0 Å². The van der Waals surface area contributed by atoms with E-state index < -0.39 is 0 Å². The number of aryl methyl sites for hydroxylation is 1. The van der Waals surface area contributed by atoms with Crippen molar-refractivity contribution in [2.45, 2.75) is 13.8 Å². The summed E-state index contributed by atoms with van der Waals surface area (Å²) in [5.41, 5.74) is 10.2. The number of nitrogens with zero attached hydrogens (tertiary/aromatic N) is 3. The van der Waals surface area contributed by atoms with Crippen molar-refractivity contribution in [1.82, 2.24) is 20.2 Å². The predicted octanol–water partition coefficient (Wildman–Crippen LogP) is 2.84. The molecule has 27 heavy (non-hydrogen) atoms. The molecular weight excluding hydrogens is 348 g/mol. The summed E-state index contributed by atoms with van der Waals surface area (Å²) in [6.45, 7) is 3.92. The van der Waals surface area contributed by atoms with Crippen LogP contribution < -0.4 is 25.3 Å². The zero-order valence-electron chi connectivity index (χ0n) is 15.9. The number of nitrogens with one attached hydrogen (secondary N) is 2. The summed E-state index contributed by atoms with van der Waals surface area (Å²) < 4.78 is 16.0. The number of aromatic amines is 1. The second kappa shape index (κ2) is 7.40. The minimum atomic E-state index is 0.328. The smallest absolute Gasteiger partial charge is 0.229 e. The van der Waals surface area contributed by atoms with E-state index in [2.05, 4.69) is 25.5 Å². The Labute approximate surface area is 156 Å². The molecule has 0 aliphatic rings. The lowest BCUT2D eigenvalue weighted by molar-refractivity contribution is 0.324. The molecule has 0 unspecified atom stereocenters. The van der Waals surface area contributed by atoms with Gasteiger partial charge in [0.2, 0.25) is 11.7 Å². The summed E-state index contributed by atoms with van der Waals surface area (Å²) in [5, 5.41) is 10.3. The fourth-order valence-corrected chi connectivity index (χ4v) is 2.67. The highest BCUT2D eigenvalue weighted by Gasteiger charge is 2.16. The fraction of sp³-hybridized carbons (Fsp3) is 0.278. The summed E-state index contributed by atoms with van der Waals surface area (Å²) in [5.74, 6) is 2.22. The number of anilines is 3. The quantitative estimate of drug-likeness (QED) is 0.606. The minimum absolute atomic E-state index is 0.328. The Morgan fingerprint density at radius 3 is 2.19 bits per heavy atom. The van der Waals surface area contributed by atoms with E-state index in [-0.39, 0.29) is 0 Å². The molecule has 0 fully saturated rings. The van der Waals surface area contributed by atoms with E-state index in [0.29, 0.717) is 40.3 Å². The van der Waals surface area contributed by atoms with E-state index in [1.165, 1.54) is 0 Å². The Morgan fingerprint density at radius 1 is 1.04 bits per heavy atom. The van der Waals surface area contributed by atoms with Gasteiger partial charge in [-0.2, -0.15) is 10.1 Å². The van der Waals surface area contributed by atoms with Crippen molar-refractivity contribution in [3.63, 3.8) is 0 Å². The summed E-state index contributed by atoms with van der Waals surface area (Å²) in [6.07, 6.45) is 1.64. The van der Waals surface area contributed by atoms with Crippen LogP contribution in [-0.2, 0) is 0 Å². The van der Waals surface area contributed by atoms with E-state index in [0.717, 1.165) is 17.0 Å². The highest BCUT2D eigenvalue weighted by molar-refractivity contribution is 5.74. The lowest BCUT2D eigenvalue weighted by Gasteiger charge is -2.15. The van der Waals surface area contributed by atoms with Gasteiger partial charge in [0.1, 0.15) is 11.5 Å². The van der Waals surface area contributed by atoms with Crippen molar-refractivity contribution in [1.29, 1.82) is 0 Å². The summed E-state index contributed by atoms with van der Waals surface area (Å²) in [7, 11) is 4.66. The van der Waals surface area contributed by atoms with Crippen LogP contribution in [0, 0.1) is 13.8 Å². The van der Waals surface area contributed by atoms with Crippen molar-refractivity contribution < 1.29 is 14.2 Å². The Bertz CT molecular complexity index is 945. The Kier molecular flexibility index (Phi) is 5.02.